The van der Waals surface area contributed by atoms with Crippen LogP contribution in [0.1, 0.15) is 67.2 Å². The van der Waals surface area contributed by atoms with Crippen LogP contribution in [-0.4, -0.2) is 16.3 Å². The maximum atomic E-state index is 13.7. The molecule has 0 aliphatic rings. The predicted octanol–water partition coefficient (Wildman–Crippen LogP) is 7.50. The summed E-state index contributed by atoms with van der Waals surface area (Å²) in [7, 11) is 0. The zero-order chi connectivity index (χ0) is 26.7. The van der Waals surface area contributed by atoms with Crippen LogP contribution < -0.4 is 5.32 Å². The van der Waals surface area contributed by atoms with Crippen LogP contribution in [0.4, 0.5) is 14.5 Å². The SMILES string of the molecule is CC(C)C(=O)Nc1ccc2c(C(=O)CCc3ccc(F)c(F)c3)c(C(C)C)n(Cc3ccccc3)c2c1. The summed E-state index contributed by atoms with van der Waals surface area (Å²) >= 11 is 0. The lowest BCUT2D eigenvalue weighted by Gasteiger charge is -2.16. The van der Waals surface area contributed by atoms with Gasteiger partial charge in [-0.25, -0.2) is 8.78 Å². The highest BCUT2D eigenvalue weighted by Gasteiger charge is 2.25. The highest BCUT2D eigenvalue weighted by atomic mass is 19.2. The fraction of sp³-hybridized carbons (Fsp3) is 0.290. The van der Waals surface area contributed by atoms with Crippen LogP contribution in [0.2, 0.25) is 0 Å². The Hall–Kier alpha value is -3.80. The van der Waals surface area contributed by atoms with E-state index in [0.717, 1.165) is 34.3 Å². The number of halogens is 2. The molecule has 192 valence electrons. The molecule has 4 rings (SSSR count). The van der Waals surface area contributed by atoms with E-state index in [1.165, 1.54) is 6.07 Å². The Kier molecular flexibility index (Phi) is 7.86. The molecule has 0 atom stereocenters. The molecule has 6 heteroatoms. The van der Waals surface area contributed by atoms with Gasteiger partial charge in [0.25, 0.3) is 0 Å². The topological polar surface area (TPSA) is 51.1 Å². The molecule has 3 aromatic carbocycles. The number of nitrogens with zero attached hydrogens (tertiary/aromatic N) is 1. The number of carbonyl (C=O) groups excluding carboxylic acids is 2. The van der Waals surface area contributed by atoms with Crippen molar-refractivity contribution in [3.8, 4) is 0 Å². The lowest BCUT2D eigenvalue weighted by atomic mass is 9.96. The Labute approximate surface area is 216 Å². The van der Waals surface area contributed by atoms with Crippen LogP contribution in [0, 0.1) is 17.6 Å². The van der Waals surface area contributed by atoms with E-state index in [2.05, 4.69) is 23.7 Å². The molecule has 0 saturated heterocycles. The van der Waals surface area contributed by atoms with E-state index in [1.807, 2.05) is 62.4 Å². The molecule has 1 heterocycles. The largest absolute Gasteiger partial charge is 0.339 e. The van der Waals surface area contributed by atoms with Gasteiger partial charge in [0.1, 0.15) is 0 Å². The molecule has 1 amide bonds. The van der Waals surface area contributed by atoms with E-state index in [9.17, 15) is 18.4 Å². The van der Waals surface area contributed by atoms with Gasteiger partial charge in [-0.1, -0.05) is 70.2 Å². The number of ketones is 1. The minimum absolute atomic E-state index is 0.0482. The molecule has 1 aromatic heterocycles. The fourth-order valence-electron chi connectivity index (χ4n) is 4.64. The summed E-state index contributed by atoms with van der Waals surface area (Å²) in [5.41, 5.74) is 4.77. The molecule has 4 nitrogen and oxygen atoms in total. The Morgan fingerprint density at radius 1 is 0.865 bits per heavy atom. The molecule has 37 heavy (non-hydrogen) atoms. The zero-order valence-electron chi connectivity index (χ0n) is 21.6. The molecular formula is C31H32F2N2O2. The standard InChI is InChI=1S/C31H32F2N2O2/c1-19(2)30-29(28(36)15-11-21-10-14-25(32)26(33)16-21)24-13-12-23(34-31(37)20(3)4)17-27(24)35(30)18-22-8-6-5-7-9-22/h5-10,12-14,16-17,19-20H,11,15,18H2,1-4H3,(H,34,37). The number of amides is 1. The quantitative estimate of drug-likeness (QED) is 0.241. The van der Waals surface area contributed by atoms with Crippen LogP contribution in [0.15, 0.2) is 66.7 Å². The third-order valence-corrected chi connectivity index (χ3v) is 6.53. The number of nitrogens with one attached hydrogen (secondary N) is 1. The van der Waals surface area contributed by atoms with E-state index in [0.29, 0.717) is 29.8 Å². The summed E-state index contributed by atoms with van der Waals surface area (Å²) in [5.74, 6) is -2.06. The number of benzene rings is 3. The molecule has 0 spiro atoms. The second-order valence-corrected chi connectivity index (χ2v) is 10.0. The van der Waals surface area contributed by atoms with Crippen molar-refractivity contribution in [2.75, 3.05) is 5.32 Å². The average Bonchev–Trinajstić information content (AvgIpc) is 3.18. The summed E-state index contributed by atoms with van der Waals surface area (Å²) in [6.07, 6.45) is 0.475. The van der Waals surface area contributed by atoms with E-state index >= 15 is 0 Å². The maximum absolute atomic E-state index is 13.7. The lowest BCUT2D eigenvalue weighted by Crippen LogP contribution is -2.17. The second kappa shape index (κ2) is 11.1. The van der Waals surface area contributed by atoms with Crippen LogP contribution in [-0.2, 0) is 17.8 Å². The fourth-order valence-corrected chi connectivity index (χ4v) is 4.64. The zero-order valence-corrected chi connectivity index (χ0v) is 21.6. The Balaban J connectivity index is 1.79. The third kappa shape index (κ3) is 5.79. The van der Waals surface area contributed by atoms with Crippen molar-refractivity contribution in [1.82, 2.24) is 4.57 Å². The van der Waals surface area contributed by atoms with Crippen LogP contribution >= 0.6 is 0 Å². The monoisotopic (exact) mass is 502 g/mol. The van der Waals surface area contributed by atoms with Crippen molar-refractivity contribution in [3.05, 3.63) is 101 Å². The molecule has 0 aliphatic carbocycles. The summed E-state index contributed by atoms with van der Waals surface area (Å²) in [6, 6.07) is 19.4. The summed E-state index contributed by atoms with van der Waals surface area (Å²) < 4.78 is 29.2. The number of hydrogen-bond donors (Lipinski definition) is 1. The number of anilines is 1. The minimum atomic E-state index is -0.914. The molecule has 0 saturated carbocycles. The van der Waals surface area contributed by atoms with Crippen molar-refractivity contribution >= 4 is 28.3 Å². The van der Waals surface area contributed by atoms with Gasteiger partial charge in [-0.3, -0.25) is 9.59 Å². The number of aryl methyl sites for hydroxylation is 1. The number of rotatable bonds is 9. The summed E-state index contributed by atoms with van der Waals surface area (Å²) in [6.45, 7) is 8.37. The van der Waals surface area contributed by atoms with Crippen molar-refractivity contribution < 1.29 is 18.4 Å². The Morgan fingerprint density at radius 3 is 2.24 bits per heavy atom. The van der Waals surface area contributed by atoms with Gasteiger partial charge in [-0.15, -0.1) is 0 Å². The number of Topliss-reactive ketones (excluding diaryl/α,β-unsaturated/α-hetero) is 1. The van der Waals surface area contributed by atoms with Gasteiger partial charge in [-0.05, 0) is 47.7 Å². The molecular weight excluding hydrogens is 470 g/mol. The molecule has 0 bridgehead atoms. The first-order chi connectivity index (χ1) is 17.7. The normalized spacial score (nSPS) is 11.5. The first-order valence-corrected chi connectivity index (χ1v) is 12.6. The van der Waals surface area contributed by atoms with Crippen molar-refractivity contribution in [2.45, 2.75) is 53.0 Å². The van der Waals surface area contributed by atoms with Gasteiger partial charge < -0.3 is 9.88 Å². The Bertz CT molecular complexity index is 1440. The Morgan fingerprint density at radius 2 is 1.59 bits per heavy atom. The number of aromatic nitrogens is 1. The molecule has 0 radical (unpaired) electrons. The first kappa shape index (κ1) is 26.3. The highest BCUT2D eigenvalue weighted by molar-refractivity contribution is 6.10. The van der Waals surface area contributed by atoms with Crippen molar-refractivity contribution in [2.24, 2.45) is 5.92 Å². The number of fused-ring (bicyclic) bond motifs is 1. The second-order valence-electron chi connectivity index (χ2n) is 10.0. The van der Waals surface area contributed by atoms with E-state index < -0.39 is 11.6 Å². The molecule has 0 aliphatic heterocycles. The van der Waals surface area contributed by atoms with Gasteiger partial charge in [0.05, 0.1) is 5.52 Å². The first-order valence-electron chi connectivity index (χ1n) is 12.6. The van der Waals surface area contributed by atoms with Crippen molar-refractivity contribution in [1.29, 1.82) is 0 Å². The van der Waals surface area contributed by atoms with Crippen LogP contribution in [0.25, 0.3) is 10.9 Å². The third-order valence-electron chi connectivity index (χ3n) is 6.53. The van der Waals surface area contributed by atoms with Gasteiger partial charge in [0, 0.05) is 41.2 Å². The van der Waals surface area contributed by atoms with Crippen LogP contribution in [0.3, 0.4) is 0 Å². The van der Waals surface area contributed by atoms with Gasteiger partial charge >= 0.3 is 0 Å². The lowest BCUT2D eigenvalue weighted by molar-refractivity contribution is -0.118. The van der Waals surface area contributed by atoms with E-state index in [4.69, 9.17) is 0 Å². The van der Waals surface area contributed by atoms with E-state index in [-0.39, 0.29) is 29.9 Å². The van der Waals surface area contributed by atoms with Gasteiger partial charge in [-0.2, -0.15) is 0 Å². The minimum Gasteiger partial charge on any atom is -0.339 e. The van der Waals surface area contributed by atoms with Gasteiger partial charge in [0.2, 0.25) is 5.91 Å². The molecule has 1 N–H and O–H groups in total. The van der Waals surface area contributed by atoms with Crippen LogP contribution in [0.5, 0.6) is 0 Å². The van der Waals surface area contributed by atoms with E-state index in [1.54, 1.807) is 0 Å². The molecule has 0 unspecified atom stereocenters. The predicted molar refractivity (Wildman–Crippen MR) is 144 cm³/mol. The summed E-state index contributed by atoms with van der Waals surface area (Å²) in [4.78, 5) is 26.0. The molecule has 4 aromatic rings. The van der Waals surface area contributed by atoms with Gasteiger partial charge in [0.15, 0.2) is 17.4 Å². The van der Waals surface area contributed by atoms with Crippen molar-refractivity contribution in [3.63, 3.8) is 0 Å². The molecule has 0 fully saturated rings. The average molecular weight is 503 g/mol. The number of hydrogen-bond acceptors (Lipinski definition) is 2. The summed E-state index contributed by atoms with van der Waals surface area (Å²) in [5, 5.41) is 3.78. The highest BCUT2D eigenvalue weighted by Crippen LogP contribution is 2.35. The smallest absolute Gasteiger partial charge is 0.226 e. The maximum Gasteiger partial charge on any atom is 0.226 e. The number of carbonyl (C=O) groups is 2.